The minimum absolute atomic E-state index is 0.203. The predicted molar refractivity (Wildman–Crippen MR) is 135 cm³/mol. The van der Waals surface area contributed by atoms with E-state index in [1.807, 2.05) is 12.5 Å². The molecule has 5 heteroatoms. The van der Waals surface area contributed by atoms with Crippen molar-refractivity contribution >= 4 is 27.8 Å². The van der Waals surface area contributed by atoms with Crippen molar-refractivity contribution in [3.63, 3.8) is 0 Å². The molecule has 1 atom stereocenters. The summed E-state index contributed by atoms with van der Waals surface area (Å²) < 4.78 is 15.7. The van der Waals surface area contributed by atoms with Crippen molar-refractivity contribution in [3.8, 4) is 22.3 Å². The Balaban J connectivity index is 1.46. The van der Waals surface area contributed by atoms with E-state index < -0.39 is 0 Å². The molecule has 1 aliphatic heterocycles. The van der Waals surface area contributed by atoms with E-state index in [-0.39, 0.29) is 5.97 Å². The summed E-state index contributed by atoms with van der Waals surface area (Å²) in [5.74, 6) is 0.295. The number of hydrogen-bond donors (Lipinski definition) is 0. The zero-order valence-corrected chi connectivity index (χ0v) is 19.6. The van der Waals surface area contributed by atoms with Crippen LogP contribution in [0, 0.1) is 5.92 Å². The van der Waals surface area contributed by atoms with Crippen molar-refractivity contribution in [3.05, 3.63) is 72.9 Å². The van der Waals surface area contributed by atoms with Crippen molar-refractivity contribution in [2.24, 2.45) is 13.0 Å². The first-order valence-electron chi connectivity index (χ1n) is 12.0. The number of esters is 1. The molecule has 0 amide bonds. The second-order valence-corrected chi connectivity index (χ2v) is 9.35. The maximum absolute atomic E-state index is 11.2. The van der Waals surface area contributed by atoms with Crippen LogP contribution in [0.4, 0.5) is 0 Å². The molecule has 4 heterocycles. The van der Waals surface area contributed by atoms with Crippen molar-refractivity contribution in [1.82, 2.24) is 9.13 Å². The smallest absolute Gasteiger partial charge is 0.302 e. The van der Waals surface area contributed by atoms with Gasteiger partial charge in [-0.3, -0.25) is 4.79 Å². The molecule has 6 rings (SSSR count). The van der Waals surface area contributed by atoms with Gasteiger partial charge in [0.25, 0.3) is 0 Å². The Hall–Kier alpha value is -3.73. The maximum Gasteiger partial charge on any atom is 0.302 e. The summed E-state index contributed by atoms with van der Waals surface area (Å²) in [7, 11) is 2.09. The number of ether oxygens (including phenoxy) is 1. The first-order valence-corrected chi connectivity index (χ1v) is 12.0. The lowest BCUT2D eigenvalue weighted by molar-refractivity contribution is -0.141. The lowest BCUT2D eigenvalue weighted by Crippen LogP contribution is -2.21. The average Bonchev–Trinajstić information content (AvgIpc) is 3.53. The Bertz CT molecular complexity index is 1520. The lowest BCUT2D eigenvalue weighted by Gasteiger charge is -2.26. The van der Waals surface area contributed by atoms with E-state index in [1.54, 1.807) is 0 Å². The number of carbonyl (C=O) groups is 1. The van der Waals surface area contributed by atoms with E-state index in [1.165, 1.54) is 45.6 Å². The second-order valence-electron chi connectivity index (χ2n) is 9.35. The van der Waals surface area contributed by atoms with Gasteiger partial charge in [0.1, 0.15) is 0 Å². The highest BCUT2D eigenvalue weighted by Gasteiger charge is 2.28. The number of rotatable bonds is 5. The molecule has 3 aromatic heterocycles. The third-order valence-corrected chi connectivity index (χ3v) is 7.26. The van der Waals surface area contributed by atoms with Crippen LogP contribution in [-0.4, -0.2) is 21.7 Å². The molecule has 0 N–H and O–H groups in total. The zero-order valence-electron chi connectivity index (χ0n) is 19.6. The van der Waals surface area contributed by atoms with E-state index in [0.29, 0.717) is 12.5 Å². The fraction of sp³-hybridized carbons (Fsp3) is 0.276. The van der Waals surface area contributed by atoms with Crippen LogP contribution in [0.5, 0.6) is 0 Å². The standard InChI is InChI=1S/C29H28N2O3/c1-19(32)34-14-13-20-11-12-28-29(22-8-4-6-10-27(22)31(28)15-20)25-18-33-17-24(25)23-16-30(2)26-9-5-3-7-21(23)26/h3-10,16-18,20H,11-15H2,1-2H3. The van der Waals surface area contributed by atoms with Crippen molar-refractivity contribution < 1.29 is 13.9 Å². The molecule has 0 aliphatic carbocycles. The van der Waals surface area contributed by atoms with E-state index >= 15 is 0 Å². The number of nitrogens with zero attached hydrogens (tertiary/aromatic N) is 2. The average molecular weight is 453 g/mol. The molecular formula is C29H28N2O3. The fourth-order valence-electron chi connectivity index (χ4n) is 5.68. The summed E-state index contributed by atoms with van der Waals surface area (Å²) in [5, 5.41) is 2.50. The first kappa shape index (κ1) is 20.8. The highest BCUT2D eigenvalue weighted by Crippen LogP contribution is 2.45. The number of hydrogen-bond acceptors (Lipinski definition) is 3. The zero-order chi connectivity index (χ0) is 23.2. The van der Waals surface area contributed by atoms with Crippen LogP contribution in [0.15, 0.2) is 71.7 Å². The van der Waals surface area contributed by atoms with Gasteiger partial charge in [0.05, 0.1) is 19.1 Å². The summed E-state index contributed by atoms with van der Waals surface area (Å²) >= 11 is 0. The molecule has 5 aromatic rings. The van der Waals surface area contributed by atoms with Gasteiger partial charge in [-0.2, -0.15) is 0 Å². The Morgan fingerprint density at radius 1 is 1.00 bits per heavy atom. The van der Waals surface area contributed by atoms with Crippen LogP contribution in [0.25, 0.3) is 44.1 Å². The van der Waals surface area contributed by atoms with Crippen LogP contribution in [0.2, 0.25) is 0 Å². The molecule has 5 nitrogen and oxygen atoms in total. The Morgan fingerprint density at radius 2 is 1.74 bits per heavy atom. The normalized spacial score (nSPS) is 15.6. The second kappa shape index (κ2) is 8.24. The Morgan fingerprint density at radius 3 is 2.56 bits per heavy atom. The molecule has 0 spiro atoms. The third-order valence-electron chi connectivity index (χ3n) is 7.26. The van der Waals surface area contributed by atoms with Gasteiger partial charge in [-0.15, -0.1) is 0 Å². The van der Waals surface area contributed by atoms with Gasteiger partial charge in [0.2, 0.25) is 0 Å². The van der Waals surface area contributed by atoms with Crippen LogP contribution < -0.4 is 0 Å². The largest absolute Gasteiger partial charge is 0.471 e. The van der Waals surface area contributed by atoms with Crippen molar-refractivity contribution in [2.75, 3.05) is 6.61 Å². The predicted octanol–water partition coefficient (Wildman–Crippen LogP) is 6.58. The third kappa shape index (κ3) is 3.35. The fourth-order valence-corrected chi connectivity index (χ4v) is 5.68. The number of benzene rings is 2. The maximum atomic E-state index is 11.2. The summed E-state index contributed by atoms with van der Waals surface area (Å²) in [5.41, 5.74) is 8.60. The number of aromatic nitrogens is 2. The molecule has 0 bridgehead atoms. The molecule has 0 saturated heterocycles. The summed E-state index contributed by atoms with van der Waals surface area (Å²) in [6, 6.07) is 17.2. The van der Waals surface area contributed by atoms with E-state index in [4.69, 9.17) is 9.15 Å². The SMILES string of the molecule is CC(=O)OCCC1CCc2c(-c3cocc3-c3cn(C)c4ccccc34)c3ccccc3n2C1. The molecule has 0 saturated carbocycles. The summed E-state index contributed by atoms with van der Waals surface area (Å²) in [6.07, 6.45) is 8.98. The van der Waals surface area contributed by atoms with Gasteiger partial charge in [-0.25, -0.2) is 0 Å². The van der Waals surface area contributed by atoms with Crippen LogP contribution in [-0.2, 0) is 29.5 Å². The molecule has 0 radical (unpaired) electrons. The first-order chi connectivity index (χ1) is 16.6. The number of fused-ring (bicyclic) bond motifs is 4. The van der Waals surface area contributed by atoms with Gasteiger partial charge in [0, 0.05) is 76.5 Å². The molecule has 0 fully saturated rings. The van der Waals surface area contributed by atoms with Crippen LogP contribution in [0.1, 0.15) is 25.5 Å². The van der Waals surface area contributed by atoms with Crippen LogP contribution >= 0.6 is 0 Å². The Kier molecular flexibility index (Phi) is 5.05. The van der Waals surface area contributed by atoms with Crippen molar-refractivity contribution in [2.45, 2.75) is 32.7 Å². The number of furan rings is 1. The molecule has 1 aliphatic rings. The van der Waals surface area contributed by atoms with Gasteiger partial charge >= 0.3 is 5.97 Å². The summed E-state index contributed by atoms with van der Waals surface area (Å²) in [6.45, 7) is 2.91. The summed E-state index contributed by atoms with van der Waals surface area (Å²) in [4.78, 5) is 11.2. The minimum Gasteiger partial charge on any atom is -0.471 e. The number of para-hydroxylation sites is 2. The Labute approximate surface area is 198 Å². The number of aryl methyl sites for hydroxylation is 1. The van der Waals surface area contributed by atoms with Crippen LogP contribution in [0.3, 0.4) is 0 Å². The van der Waals surface area contributed by atoms with Gasteiger partial charge in [-0.1, -0.05) is 36.4 Å². The molecule has 1 unspecified atom stereocenters. The molecule has 172 valence electrons. The number of carbonyl (C=O) groups excluding carboxylic acids is 1. The van der Waals surface area contributed by atoms with E-state index in [9.17, 15) is 4.79 Å². The van der Waals surface area contributed by atoms with Crippen molar-refractivity contribution in [1.29, 1.82) is 0 Å². The molecular weight excluding hydrogens is 424 g/mol. The van der Waals surface area contributed by atoms with E-state index in [0.717, 1.165) is 36.9 Å². The molecule has 2 aromatic carbocycles. The van der Waals surface area contributed by atoms with Gasteiger partial charge in [-0.05, 0) is 37.3 Å². The monoisotopic (exact) mass is 452 g/mol. The highest BCUT2D eigenvalue weighted by atomic mass is 16.5. The van der Waals surface area contributed by atoms with E-state index in [2.05, 4.69) is 70.9 Å². The van der Waals surface area contributed by atoms with Gasteiger partial charge < -0.3 is 18.3 Å². The topological polar surface area (TPSA) is 49.3 Å². The quantitative estimate of drug-likeness (QED) is 0.283. The lowest BCUT2D eigenvalue weighted by atomic mass is 9.91. The molecule has 34 heavy (non-hydrogen) atoms. The minimum atomic E-state index is -0.203. The highest BCUT2D eigenvalue weighted by molar-refractivity contribution is 6.05. The van der Waals surface area contributed by atoms with Gasteiger partial charge in [0.15, 0.2) is 0 Å².